The fourth-order valence-corrected chi connectivity index (χ4v) is 3.30. The first-order chi connectivity index (χ1) is 10.7. The SMILES string of the molecule is CC(C)Oc1ccc2c(c1)C(C)(C)C1=C(C=C(Cl)C(=O)C1=O)N2. The van der Waals surface area contributed by atoms with Gasteiger partial charge in [-0.2, -0.15) is 0 Å². The minimum Gasteiger partial charge on any atom is -0.491 e. The number of carbonyl (C=O) groups excluding carboxylic acids is 2. The van der Waals surface area contributed by atoms with Crippen LogP contribution in [0.15, 0.2) is 40.6 Å². The normalized spacial score (nSPS) is 19.1. The molecule has 0 fully saturated rings. The highest BCUT2D eigenvalue weighted by atomic mass is 35.5. The zero-order valence-electron chi connectivity index (χ0n) is 13.5. The van der Waals surface area contributed by atoms with Crippen molar-refractivity contribution >= 4 is 28.9 Å². The van der Waals surface area contributed by atoms with Crippen LogP contribution in [0.25, 0.3) is 0 Å². The summed E-state index contributed by atoms with van der Waals surface area (Å²) in [5.74, 6) is -0.468. The summed E-state index contributed by atoms with van der Waals surface area (Å²) in [7, 11) is 0. The third-order valence-corrected chi connectivity index (χ3v) is 4.40. The minimum atomic E-state index is -0.654. The fourth-order valence-electron chi connectivity index (χ4n) is 3.10. The summed E-state index contributed by atoms with van der Waals surface area (Å²) in [5.41, 5.74) is 2.22. The van der Waals surface area contributed by atoms with E-state index in [9.17, 15) is 9.59 Å². The summed E-state index contributed by atoms with van der Waals surface area (Å²) in [4.78, 5) is 24.4. The van der Waals surface area contributed by atoms with Crippen LogP contribution in [0.3, 0.4) is 0 Å². The summed E-state index contributed by atoms with van der Waals surface area (Å²) in [6, 6.07) is 5.72. The van der Waals surface area contributed by atoms with Crippen LogP contribution in [0.1, 0.15) is 33.3 Å². The molecule has 0 spiro atoms. The van der Waals surface area contributed by atoms with Gasteiger partial charge in [-0.1, -0.05) is 25.4 Å². The molecule has 0 saturated carbocycles. The molecule has 4 nitrogen and oxygen atoms in total. The molecule has 0 saturated heterocycles. The second-order valence-electron chi connectivity index (χ2n) is 6.56. The molecule has 1 heterocycles. The highest BCUT2D eigenvalue weighted by Crippen LogP contribution is 2.46. The van der Waals surface area contributed by atoms with Crippen LogP contribution in [-0.4, -0.2) is 17.7 Å². The Morgan fingerprint density at radius 2 is 1.87 bits per heavy atom. The Morgan fingerprint density at radius 3 is 2.52 bits per heavy atom. The van der Waals surface area contributed by atoms with E-state index in [1.54, 1.807) is 0 Å². The molecule has 23 heavy (non-hydrogen) atoms. The molecular weight excluding hydrogens is 314 g/mol. The molecule has 3 rings (SSSR count). The van der Waals surface area contributed by atoms with Crippen molar-refractivity contribution in [3.63, 3.8) is 0 Å². The molecule has 120 valence electrons. The predicted molar refractivity (Wildman–Crippen MR) is 89.8 cm³/mol. The van der Waals surface area contributed by atoms with E-state index in [1.165, 1.54) is 6.08 Å². The Balaban J connectivity index is 2.14. The highest BCUT2D eigenvalue weighted by Gasteiger charge is 2.43. The van der Waals surface area contributed by atoms with E-state index < -0.39 is 17.0 Å². The molecule has 1 N–H and O–H groups in total. The Morgan fingerprint density at radius 1 is 1.17 bits per heavy atom. The number of halogens is 1. The second kappa shape index (κ2) is 5.24. The van der Waals surface area contributed by atoms with Crippen LogP contribution in [-0.2, 0) is 15.0 Å². The van der Waals surface area contributed by atoms with E-state index in [0.717, 1.165) is 17.0 Å². The Labute approximate surface area is 140 Å². The predicted octanol–water partition coefficient (Wildman–Crippen LogP) is 3.71. The first kappa shape index (κ1) is 15.8. The van der Waals surface area contributed by atoms with E-state index >= 15 is 0 Å². The van der Waals surface area contributed by atoms with Gasteiger partial charge in [0.15, 0.2) is 0 Å². The number of hydrogen-bond acceptors (Lipinski definition) is 4. The molecule has 1 aromatic rings. The van der Waals surface area contributed by atoms with Crippen LogP contribution in [0, 0.1) is 0 Å². The summed E-state index contributed by atoms with van der Waals surface area (Å²) in [6.45, 7) is 7.78. The van der Waals surface area contributed by atoms with Gasteiger partial charge in [-0.25, -0.2) is 0 Å². The molecule has 0 radical (unpaired) electrons. The van der Waals surface area contributed by atoms with E-state index in [0.29, 0.717) is 11.3 Å². The standard InChI is InChI=1S/C18H18ClNO3/c1-9(2)23-10-5-6-13-11(7-10)18(3,4)15-14(20-13)8-12(19)16(21)17(15)22/h5-9,20H,1-4H3. The maximum Gasteiger partial charge on any atom is 0.244 e. The van der Waals surface area contributed by atoms with E-state index in [4.69, 9.17) is 16.3 Å². The number of fused-ring (bicyclic) bond motifs is 1. The van der Waals surface area contributed by atoms with Gasteiger partial charge < -0.3 is 10.1 Å². The van der Waals surface area contributed by atoms with Crippen molar-refractivity contribution in [3.05, 3.63) is 46.1 Å². The molecule has 1 aliphatic heterocycles. The number of carbonyl (C=O) groups is 2. The molecule has 5 heteroatoms. The lowest BCUT2D eigenvalue weighted by Gasteiger charge is -2.37. The lowest BCUT2D eigenvalue weighted by molar-refractivity contribution is -0.132. The number of Topliss-reactive ketones (excluding diaryl/α,β-unsaturated/α-hetero) is 2. The Kier molecular flexibility index (Phi) is 3.60. The molecule has 0 bridgehead atoms. The van der Waals surface area contributed by atoms with Gasteiger partial charge in [0.1, 0.15) is 5.75 Å². The minimum absolute atomic E-state index is 0.0553. The monoisotopic (exact) mass is 331 g/mol. The van der Waals surface area contributed by atoms with Crippen LogP contribution in [0.2, 0.25) is 0 Å². The maximum atomic E-state index is 12.5. The third-order valence-electron chi connectivity index (χ3n) is 4.12. The van der Waals surface area contributed by atoms with E-state index in [2.05, 4.69) is 5.32 Å². The van der Waals surface area contributed by atoms with Crippen molar-refractivity contribution in [1.29, 1.82) is 0 Å². The Bertz CT molecular complexity index is 787. The van der Waals surface area contributed by atoms with Gasteiger partial charge in [-0.3, -0.25) is 9.59 Å². The lowest BCUT2D eigenvalue weighted by atomic mass is 9.70. The molecule has 1 aliphatic carbocycles. The topological polar surface area (TPSA) is 55.4 Å². The summed E-state index contributed by atoms with van der Waals surface area (Å²) in [5, 5.41) is 3.15. The van der Waals surface area contributed by atoms with Gasteiger partial charge in [0.2, 0.25) is 11.6 Å². The van der Waals surface area contributed by atoms with Crippen molar-refractivity contribution in [2.75, 3.05) is 5.32 Å². The molecule has 2 aliphatic rings. The average Bonchev–Trinajstić information content (AvgIpc) is 2.44. The van der Waals surface area contributed by atoms with Gasteiger partial charge in [0.05, 0.1) is 11.1 Å². The van der Waals surface area contributed by atoms with Crippen LogP contribution in [0.5, 0.6) is 5.75 Å². The van der Waals surface area contributed by atoms with Crippen molar-refractivity contribution in [2.45, 2.75) is 39.2 Å². The number of rotatable bonds is 2. The van der Waals surface area contributed by atoms with Crippen molar-refractivity contribution in [2.24, 2.45) is 0 Å². The van der Waals surface area contributed by atoms with E-state index in [-0.39, 0.29) is 11.1 Å². The first-order valence-electron chi connectivity index (χ1n) is 7.51. The quantitative estimate of drug-likeness (QED) is 0.663. The highest BCUT2D eigenvalue weighted by molar-refractivity contribution is 6.62. The van der Waals surface area contributed by atoms with Gasteiger partial charge >= 0.3 is 0 Å². The lowest BCUT2D eigenvalue weighted by Crippen LogP contribution is -2.38. The van der Waals surface area contributed by atoms with Crippen molar-refractivity contribution in [3.8, 4) is 5.75 Å². The molecule has 0 amide bonds. The fraction of sp³-hybridized carbons (Fsp3) is 0.333. The molecule has 1 aromatic carbocycles. The van der Waals surface area contributed by atoms with Gasteiger partial charge in [-0.05, 0) is 43.7 Å². The molecule has 0 aromatic heterocycles. The summed E-state index contributed by atoms with van der Waals surface area (Å²) < 4.78 is 5.75. The first-order valence-corrected chi connectivity index (χ1v) is 7.89. The number of allylic oxidation sites excluding steroid dienone is 3. The van der Waals surface area contributed by atoms with Gasteiger partial charge in [0, 0.05) is 22.4 Å². The summed E-state index contributed by atoms with van der Waals surface area (Å²) in [6.07, 6.45) is 1.59. The average molecular weight is 332 g/mol. The molecule has 0 unspecified atom stereocenters. The largest absolute Gasteiger partial charge is 0.491 e. The molecule has 0 atom stereocenters. The van der Waals surface area contributed by atoms with Crippen LogP contribution in [0.4, 0.5) is 5.69 Å². The number of nitrogens with one attached hydrogen (secondary N) is 1. The number of anilines is 1. The van der Waals surface area contributed by atoms with Gasteiger partial charge in [0.25, 0.3) is 0 Å². The van der Waals surface area contributed by atoms with Crippen LogP contribution < -0.4 is 10.1 Å². The zero-order valence-corrected chi connectivity index (χ0v) is 14.2. The number of benzene rings is 1. The number of hydrogen-bond donors (Lipinski definition) is 1. The van der Waals surface area contributed by atoms with Crippen molar-refractivity contribution < 1.29 is 14.3 Å². The zero-order chi connectivity index (χ0) is 16.9. The maximum absolute atomic E-state index is 12.5. The smallest absolute Gasteiger partial charge is 0.244 e. The third kappa shape index (κ3) is 2.47. The second-order valence-corrected chi connectivity index (χ2v) is 6.97. The number of ether oxygens (including phenoxy) is 1. The van der Waals surface area contributed by atoms with Crippen LogP contribution >= 0.6 is 11.6 Å². The molecular formula is C18H18ClNO3. The Hall–Kier alpha value is -2.07. The number of ketones is 2. The summed E-state index contributed by atoms with van der Waals surface area (Å²) >= 11 is 5.88. The van der Waals surface area contributed by atoms with Gasteiger partial charge in [-0.15, -0.1) is 0 Å². The van der Waals surface area contributed by atoms with E-state index in [1.807, 2.05) is 45.9 Å². The van der Waals surface area contributed by atoms with Crippen molar-refractivity contribution in [1.82, 2.24) is 0 Å².